The monoisotopic (exact) mass is 475 g/mol. The first-order chi connectivity index (χ1) is 16.3. The van der Waals surface area contributed by atoms with E-state index in [4.69, 9.17) is 22.4 Å². The van der Waals surface area contributed by atoms with E-state index in [0.29, 0.717) is 34.1 Å². The maximum absolute atomic E-state index is 12.7. The Morgan fingerprint density at radius 2 is 1.85 bits per heavy atom. The van der Waals surface area contributed by atoms with Crippen molar-refractivity contribution in [1.29, 1.82) is 0 Å². The number of hydrogen-bond acceptors (Lipinski definition) is 6. The van der Waals surface area contributed by atoms with Crippen LogP contribution >= 0.6 is 11.6 Å². The number of anilines is 2. The van der Waals surface area contributed by atoms with Gasteiger partial charge in [0.1, 0.15) is 17.8 Å². The van der Waals surface area contributed by atoms with Gasteiger partial charge in [-0.3, -0.25) is 4.79 Å². The van der Waals surface area contributed by atoms with Crippen LogP contribution in [0.1, 0.15) is 5.56 Å². The summed E-state index contributed by atoms with van der Waals surface area (Å²) in [6.07, 6.45) is 4.85. The predicted molar refractivity (Wildman–Crippen MR) is 137 cm³/mol. The molecule has 2 heterocycles. The van der Waals surface area contributed by atoms with Crippen molar-refractivity contribution < 1.29 is 4.79 Å². The zero-order valence-electron chi connectivity index (χ0n) is 19.5. The van der Waals surface area contributed by atoms with Gasteiger partial charge < -0.3 is 15.5 Å². The number of amides is 1. The fourth-order valence-electron chi connectivity index (χ4n) is 3.65. The Kier molecular flexibility index (Phi) is 6.63. The number of fused-ring (bicyclic) bond motifs is 1. The third-order valence-corrected chi connectivity index (χ3v) is 5.72. The number of hydrogen-bond donors (Lipinski definition) is 1. The second-order valence-corrected chi connectivity index (χ2v) is 8.69. The fourth-order valence-corrected chi connectivity index (χ4v) is 3.78. The van der Waals surface area contributed by atoms with Gasteiger partial charge in [-0.15, -0.1) is 0 Å². The number of aromatic nitrogens is 4. The molecule has 4 aromatic rings. The van der Waals surface area contributed by atoms with Crippen LogP contribution in [-0.2, 0) is 4.79 Å². The first kappa shape index (κ1) is 23.4. The highest BCUT2D eigenvalue weighted by Crippen LogP contribution is 2.33. The molecule has 2 aromatic heterocycles. The molecule has 0 aliphatic heterocycles. The van der Waals surface area contributed by atoms with Crippen LogP contribution in [0.4, 0.5) is 11.5 Å². The predicted octanol–water partition coefficient (Wildman–Crippen LogP) is 4.11. The van der Waals surface area contributed by atoms with Crippen LogP contribution in [0, 0.1) is 6.92 Å². The molecular weight excluding hydrogens is 450 g/mol. The molecule has 34 heavy (non-hydrogen) atoms. The van der Waals surface area contributed by atoms with Gasteiger partial charge in [0.05, 0.1) is 11.1 Å². The van der Waals surface area contributed by atoms with Gasteiger partial charge in [-0.05, 0) is 50.8 Å². The van der Waals surface area contributed by atoms with Gasteiger partial charge in [0, 0.05) is 35.9 Å². The summed E-state index contributed by atoms with van der Waals surface area (Å²) in [7, 11) is 5.67. The highest BCUT2D eigenvalue weighted by atomic mass is 35.5. The number of aryl methyl sites for hydroxylation is 1. The van der Waals surface area contributed by atoms with E-state index < -0.39 is 0 Å². The van der Waals surface area contributed by atoms with Crippen molar-refractivity contribution in [3.05, 3.63) is 71.5 Å². The van der Waals surface area contributed by atoms with Gasteiger partial charge >= 0.3 is 0 Å². The molecular formula is C25H26ClN7O. The molecule has 0 aliphatic carbocycles. The SMILES string of the molecule is Cc1ccc(-n2nc(-c3ccc(Cl)cc3)c3c(N)ncnc32)cc1N(C)C(=O)/C=C/CN(C)C. The maximum Gasteiger partial charge on any atom is 0.250 e. The summed E-state index contributed by atoms with van der Waals surface area (Å²) in [5, 5.41) is 6.12. The summed E-state index contributed by atoms with van der Waals surface area (Å²) >= 11 is 6.07. The van der Waals surface area contributed by atoms with Crippen molar-refractivity contribution in [3.63, 3.8) is 0 Å². The number of halogens is 1. The number of nitrogens with zero attached hydrogens (tertiary/aromatic N) is 6. The second kappa shape index (κ2) is 9.62. The molecule has 4 rings (SSSR count). The van der Waals surface area contributed by atoms with Crippen LogP contribution < -0.4 is 10.6 Å². The summed E-state index contributed by atoms with van der Waals surface area (Å²) in [6.45, 7) is 2.65. The molecule has 0 spiro atoms. The van der Waals surface area contributed by atoms with Crippen LogP contribution in [0.15, 0.2) is 60.9 Å². The Morgan fingerprint density at radius 1 is 1.12 bits per heavy atom. The van der Waals surface area contributed by atoms with E-state index >= 15 is 0 Å². The molecule has 9 heteroatoms. The lowest BCUT2D eigenvalue weighted by Crippen LogP contribution is -2.25. The first-order valence-corrected chi connectivity index (χ1v) is 11.1. The van der Waals surface area contributed by atoms with Gasteiger partial charge in [-0.2, -0.15) is 5.10 Å². The number of carbonyl (C=O) groups is 1. The summed E-state index contributed by atoms with van der Waals surface area (Å²) in [5.41, 5.74) is 10.8. The number of nitrogen functional groups attached to an aromatic ring is 1. The average molecular weight is 476 g/mol. The van der Waals surface area contributed by atoms with Crippen LogP contribution in [0.25, 0.3) is 28.0 Å². The van der Waals surface area contributed by atoms with Crippen molar-refractivity contribution in [2.24, 2.45) is 0 Å². The third-order valence-electron chi connectivity index (χ3n) is 5.47. The van der Waals surface area contributed by atoms with Crippen LogP contribution in [0.2, 0.25) is 5.02 Å². The molecule has 0 atom stereocenters. The molecule has 0 bridgehead atoms. The topological polar surface area (TPSA) is 93.2 Å². The van der Waals surface area contributed by atoms with E-state index in [9.17, 15) is 4.79 Å². The molecule has 2 aromatic carbocycles. The highest BCUT2D eigenvalue weighted by Gasteiger charge is 2.19. The Hall–Kier alpha value is -3.75. The van der Waals surface area contributed by atoms with E-state index in [-0.39, 0.29) is 5.91 Å². The van der Waals surface area contributed by atoms with E-state index in [2.05, 4.69) is 9.97 Å². The highest BCUT2D eigenvalue weighted by molar-refractivity contribution is 6.30. The molecule has 0 fully saturated rings. The van der Waals surface area contributed by atoms with Crippen molar-refractivity contribution >= 4 is 40.0 Å². The maximum atomic E-state index is 12.7. The fraction of sp³-hybridized carbons (Fsp3) is 0.200. The lowest BCUT2D eigenvalue weighted by Gasteiger charge is -2.19. The van der Waals surface area contributed by atoms with E-state index in [1.165, 1.54) is 6.33 Å². The summed E-state index contributed by atoms with van der Waals surface area (Å²) in [5.74, 6) is 0.229. The Morgan fingerprint density at radius 3 is 2.56 bits per heavy atom. The molecule has 1 amide bonds. The molecule has 2 N–H and O–H groups in total. The number of benzene rings is 2. The smallest absolute Gasteiger partial charge is 0.250 e. The number of nitrogens with two attached hydrogens (primary N) is 1. The zero-order chi connectivity index (χ0) is 24.4. The van der Waals surface area contributed by atoms with Gasteiger partial charge in [0.15, 0.2) is 5.65 Å². The molecule has 0 saturated carbocycles. The van der Waals surface area contributed by atoms with E-state index in [1.807, 2.05) is 62.3 Å². The molecule has 174 valence electrons. The van der Waals surface area contributed by atoms with Gasteiger partial charge in [0.2, 0.25) is 5.91 Å². The Bertz CT molecular complexity index is 1380. The van der Waals surface area contributed by atoms with Crippen LogP contribution in [0.3, 0.4) is 0 Å². The molecule has 0 unspecified atom stereocenters. The molecule has 0 radical (unpaired) electrons. The van der Waals surface area contributed by atoms with Crippen molar-refractivity contribution in [3.8, 4) is 16.9 Å². The number of likely N-dealkylation sites (N-methyl/N-ethyl adjacent to an activating group) is 2. The minimum absolute atomic E-state index is 0.110. The minimum atomic E-state index is -0.110. The van der Waals surface area contributed by atoms with Crippen molar-refractivity contribution in [2.45, 2.75) is 6.92 Å². The summed E-state index contributed by atoms with van der Waals surface area (Å²) < 4.78 is 1.72. The third kappa shape index (κ3) is 4.64. The lowest BCUT2D eigenvalue weighted by molar-refractivity contribution is -0.113. The van der Waals surface area contributed by atoms with E-state index in [0.717, 1.165) is 22.5 Å². The van der Waals surface area contributed by atoms with Gasteiger partial charge in [-0.25, -0.2) is 14.6 Å². The molecule has 0 saturated heterocycles. The Labute approximate surface area is 203 Å². The quantitative estimate of drug-likeness (QED) is 0.422. The first-order valence-electron chi connectivity index (χ1n) is 10.7. The van der Waals surface area contributed by atoms with Crippen LogP contribution in [-0.4, -0.2) is 58.2 Å². The van der Waals surface area contributed by atoms with E-state index in [1.54, 1.807) is 34.8 Å². The normalized spacial score (nSPS) is 11.6. The van der Waals surface area contributed by atoms with Crippen molar-refractivity contribution in [1.82, 2.24) is 24.6 Å². The molecule has 0 aliphatic rings. The Balaban J connectivity index is 1.80. The minimum Gasteiger partial charge on any atom is -0.383 e. The molecule has 8 nitrogen and oxygen atoms in total. The summed E-state index contributed by atoms with van der Waals surface area (Å²) in [4.78, 5) is 25.0. The largest absolute Gasteiger partial charge is 0.383 e. The van der Waals surface area contributed by atoms with Gasteiger partial charge in [0.25, 0.3) is 0 Å². The lowest BCUT2D eigenvalue weighted by atomic mass is 10.1. The van der Waals surface area contributed by atoms with Crippen molar-refractivity contribution in [2.75, 3.05) is 38.3 Å². The van der Waals surface area contributed by atoms with Gasteiger partial charge in [-0.1, -0.05) is 35.9 Å². The standard InChI is InChI=1S/C25H26ClN7O/c1-16-7-12-19(14-20(16)32(4)21(34)6-5-13-31(2)3)33-25-22(24(27)28-15-29-25)23(30-33)17-8-10-18(26)11-9-17/h5-12,14-15H,13H2,1-4H3,(H2,27,28,29)/b6-5+. The summed E-state index contributed by atoms with van der Waals surface area (Å²) in [6, 6.07) is 13.2. The number of rotatable bonds is 6. The number of carbonyl (C=O) groups excluding carboxylic acids is 1. The zero-order valence-corrected chi connectivity index (χ0v) is 20.3. The van der Waals surface area contributed by atoms with Crippen LogP contribution in [0.5, 0.6) is 0 Å². The average Bonchev–Trinajstić information content (AvgIpc) is 3.20. The second-order valence-electron chi connectivity index (χ2n) is 8.26.